The monoisotopic (exact) mass is 600 g/mol. The van der Waals surface area contributed by atoms with Crippen LogP contribution in [0.15, 0.2) is 96.0 Å². The topological polar surface area (TPSA) is 68.3 Å². The Hall–Kier alpha value is -3.61. The van der Waals surface area contributed by atoms with Gasteiger partial charge < -0.3 is 4.74 Å². The van der Waals surface area contributed by atoms with Gasteiger partial charge >= 0.3 is 12.5 Å². The summed E-state index contributed by atoms with van der Waals surface area (Å²) in [5, 5.41) is 0.182. The van der Waals surface area contributed by atoms with Gasteiger partial charge in [-0.1, -0.05) is 54.1 Å². The highest BCUT2D eigenvalue weighted by atomic mass is 35.5. The Morgan fingerprint density at radius 1 is 0.900 bits per heavy atom. The molecule has 40 heavy (non-hydrogen) atoms. The molecule has 0 unspecified atom stereocenters. The first-order chi connectivity index (χ1) is 18.8. The molecule has 1 N–H and O–H groups in total. The van der Waals surface area contributed by atoms with Crippen molar-refractivity contribution in [1.82, 2.24) is 9.71 Å². The Morgan fingerprint density at radius 3 is 2.17 bits per heavy atom. The maximum absolute atomic E-state index is 14.0. The van der Waals surface area contributed by atoms with Crippen molar-refractivity contribution in [2.24, 2.45) is 0 Å². The zero-order valence-electron chi connectivity index (χ0n) is 20.2. The number of hydrogen-bond donors (Lipinski definition) is 1. The Balaban J connectivity index is 1.97. The second kappa shape index (κ2) is 11.5. The zero-order valence-corrected chi connectivity index (χ0v) is 21.7. The van der Waals surface area contributed by atoms with Crippen molar-refractivity contribution >= 4 is 21.6 Å². The van der Waals surface area contributed by atoms with E-state index in [-0.39, 0.29) is 22.7 Å². The van der Waals surface area contributed by atoms with Crippen LogP contribution in [0.2, 0.25) is 5.02 Å². The molecule has 0 amide bonds. The van der Waals surface area contributed by atoms with Gasteiger partial charge in [-0.05, 0) is 47.5 Å². The van der Waals surface area contributed by atoms with E-state index in [4.69, 9.17) is 11.6 Å². The quantitative estimate of drug-likeness (QED) is 0.205. The van der Waals surface area contributed by atoms with Crippen LogP contribution in [-0.4, -0.2) is 25.9 Å². The van der Waals surface area contributed by atoms with Crippen LogP contribution >= 0.6 is 11.6 Å². The van der Waals surface area contributed by atoms with Gasteiger partial charge in [0.05, 0.1) is 15.6 Å². The minimum absolute atomic E-state index is 0.000951. The van der Waals surface area contributed by atoms with Gasteiger partial charge in [-0.2, -0.15) is 22.3 Å². The maximum Gasteiger partial charge on any atom is 0.461 e. The van der Waals surface area contributed by atoms with E-state index in [0.29, 0.717) is 23.8 Å². The third-order valence-electron chi connectivity index (χ3n) is 5.77. The van der Waals surface area contributed by atoms with Crippen LogP contribution in [-0.2, 0) is 22.0 Å². The number of halogens is 7. The first-order valence-corrected chi connectivity index (χ1v) is 13.3. The zero-order chi connectivity index (χ0) is 29.1. The average molecular weight is 601 g/mol. The summed E-state index contributed by atoms with van der Waals surface area (Å²) in [7, 11) is -4.76. The lowest BCUT2D eigenvalue weighted by atomic mass is 9.81. The fraction of sp³-hybridized carbons (Fsp3) is 0.148. The molecule has 3 aromatic carbocycles. The molecule has 5 nitrogen and oxygen atoms in total. The SMILES string of the molecule is O=S(=O)(N[C@@](Cc1ccccc1)(c1cccc(OC(F)(F)C(F)F)c1)c1ccc(Cl)cn1)c1cc(F)cc(F)c1. The van der Waals surface area contributed by atoms with Crippen LogP contribution in [0.25, 0.3) is 0 Å². The summed E-state index contributed by atoms with van der Waals surface area (Å²) < 4.78 is 115. The normalized spacial score (nSPS) is 13.7. The van der Waals surface area contributed by atoms with E-state index in [2.05, 4.69) is 14.4 Å². The molecule has 210 valence electrons. The molecule has 1 heterocycles. The van der Waals surface area contributed by atoms with E-state index in [1.165, 1.54) is 30.5 Å². The summed E-state index contributed by atoms with van der Waals surface area (Å²) in [6.45, 7) is 0. The number of sulfonamides is 1. The van der Waals surface area contributed by atoms with Gasteiger partial charge in [-0.25, -0.2) is 17.2 Å². The first kappa shape index (κ1) is 29.4. The van der Waals surface area contributed by atoms with E-state index >= 15 is 0 Å². The molecule has 0 saturated heterocycles. The van der Waals surface area contributed by atoms with Crippen molar-refractivity contribution in [3.05, 3.63) is 125 Å². The lowest BCUT2D eigenvalue weighted by Gasteiger charge is -2.35. The van der Waals surface area contributed by atoms with E-state index in [0.717, 1.165) is 12.1 Å². The second-order valence-electron chi connectivity index (χ2n) is 8.63. The minimum atomic E-state index is -4.85. The Kier molecular flexibility index (Phi) is 8.43. The molecule has 13 heteroatoms. The number of nitrogens with one attached hydrogen (secondary N) is 1. The molecule has 4 aromatic rings. The highest BCUT2D eigenvalue weighted by molar-refractivity contribution is 7.89. The van der Waals surface area contributed by atoms with Crippen molar-refractivity contribution in [2.45, 2.75) is 29.4 Å². The molecular weight excluding hydrogens is 582 g/mol. The highest BCUT2D eigenvalue weighted by Gasteiger charge is 2.45. The third-order valence-corrected chi connectivity index (χ3v) is 7.46. The molecule has 0 bridgehead atoms. The number of nitrogens with zero attached hydrogens (tertiary/aromatic N) is 1. The van der Waals surface area contributed by atoms with Gasteiger partial charge in [-0.15, -0.1) is 0 Å². The van der Waals surface area contributed by atoms with Crippen LogP contribution in [0.3, 0.4) is 0 Å². The Labute approximate surface area is 230 Å². The Bertz CT molecular complexity index is 1570. The van der Waals surface area contributed by atoms with Crippen LogP contribution in [0, 0.1) is 11.6 Å². The predicted octanol–water partition coefficient (Wildman–Crippen LogP) is 6.71. The van der Waals surface area contributed by atoms with Gasteiger partial charge in [0, 0.05) is 18.7 Å². The fourth-order valence-electron chi connectivity index (χ4n) is 4.02. The molecule has 0 fully saturated rings. The molecule has 0 radical (unpaired) electrons. The van der Waals surface area contributed by atoms with Crippen LogP contribution in [0.1, 0.15) is 16.8 Å². The number of alkyl halides is 4. The number of aromatic nitrogens is 1. The first-order valence-electron chi connectivity index (χ1n) is 11.4. The van der Waals surface area contributed by atoms with Gasteiger partial charge in [0.25, 0.3) is 0 Å². The molecule has 0 aliphatic heterocycles. The third kappa shape index (κ3) is 6.57. The summed E-state index contributed by atoms with van der Waals surface area (Å²) in [5.74, 6) is -3.03. The number of ether oxygens (including phenoxy) is 1. The van der Waals surface area contributed by atoms with Gasteiger partial charge in [0.15, 0.2) is 0 Å². The summed E-state index contributed by atoms with van der Waals surface area (Å²) in [6.07, 6.45) is -8.01. The fourth-order valence-corrected chi connectivity index (χ4v) is 5.54. The van der Waals surface area contributed by atoms with Crippen LogP contribution in [0.4, 0.5) is 26.3 Å². The van der Waals surface area contributed by atoms with Gasteiger partial charge in [-0.3, -0.25) is 4.98 Å². The summed E-state index contributed by atoms with van der Waals surface area (Å²) >= 11 is 6.00. The number of pyridine rings is 1. The van der Waals surface area contributed by atoms with Gasteiger partial charge in [0.2, 0.25) is 10.0 Å². The van der Waals surface area contributed by atoms with E-state index in [1.807, 2.05) is 0 Å². The van der Waals surface area contributed by atoms with Crippen LogP contribution < -0.4 is 9.46 Å². The molecule has 0 aliphatic rings. The van der Waals surface area contributed by atoms with Crippen LogP contribution in [0.5, 0.6) is 5.75 Å². The molecular formula is C27H19ClF6N2O3S. The van der Waals surface area contributed by atoms with E-state index in [9.17, 15) is 34.8 Å². The lowest BCUT2D eigenvalue weighted by molar-refractivity contribution is -0.253. The summed E-state index contributed by atoms with van der Waals surface area (Å²) in [6, 6.07) is 17.2. The number of benzene rings is 3. The highest BCUT2D eigenvalue weighted by Crippen LogP contribution is 2.38. The summed E-state index contributed by atoms with van der Waals surface area (Å²) in [4.78, 5) is 3.48. The van der Waals surface area contributed by atoms with Crippen molar-refractivity contribution in [2.75, 3.05) is 0 Å². The Morgan fingerprint density at radius 2 is 1.57 bits per heavy atom. The second-order valence-corrected chi connectivity index (χ2v) is 10.8. The van der Waals surface area contributed by atoms with Gasteiger partial charge in [0.1, 0.15) is 22.9 Å². The number of hydrogen-bond acceptors (Lipinski definition) is 4. The minimum Gasteiger partial charge on any atom is -0.428 e. The standard InChI is InChI=1S/C27H19ClF6N2O3S/c28-19-9-10-24(35-16-19)26(15-17-5-2-1-3-6-17,36-40(37,38)23-13-20(29)12-21(30)14-23)18-7-4-8-22(11-18)39-27(33,34)25(31)32/h1-14,16,25,36H,15H2/t26-/m0/s1. The van der Waals surface area contributed by atoms with E-state index in [1.54, 1.807) is 30.3 Å². The molecule has 0 spiro atoms. The predicted molar refractivity (Wildman–Crippen MR) is 135 cm³/mol. The number of rotatable bonds is 10. The molecule has 0 aliphatic carbocycles. The van der Waals surface area contributed by atoms with Crippen molar-refractivity contribution in [1.29, 1.82) is 0 Å². The summed E-state index contributed by atoms with van der Waals surface area (Å²) in [5.41, 5.74) is -1.49. The van der Waals surface area contributed by atoms with Crippen molar-refractivity contribution in [3.63, 3.8) is 0 Å². The molecule has 1 atom stereocenters. The van der Waals surface area contributed by atoms with Crippen molar-refractivity contribution in [3.8, 4) is 5.75 Å². The largest absolute Gasteiger partial charge is 0.461 e. The molecule has 4 rings (SSSR count). The average Bonchev–Trinajstić information content (AvgIpc) is 2.88. The lowest BCUT2D eigenvalue weighted by Crippen LogP contribution is -2.49. The van der Waals surface area contributed by atoms with Crippen molar-refractivity contribution < 1.29 is 39.5 Å². The maximum atomic E-state index is 14.0. The van der Waals surface area contributed by atoms with E-state index < -0.39 is 50.4 Å². The molecule has 0 saturated carbocycles. The smallest absolute Gasteiger partial charge is 0.428 e. The molecule has 1 aromatic heterocycles.